The van der Waals surface area contributed by atoms with Crippen LogP contribution in [-0.2, 0) is 4.79 Å². The number of hydrogen-bond acceptors (Lipinski definition) is 2. The lowest BCUT2D eigenvalue weighted by atomic mass is 10.2. The van der Waals surface area contributed by atoms with E-state index in [1.54, 1.807) is 6.07 Å². The Balaban J connectivity index is 3.22. The van der Waals surface area contributed by atoms with Gasteiger partial charge in [0, 0.05) is 6.42 Å². The molecule has 0 aromatic rings. The number of carbonyl (C=O) groups is 1. The van der Waals surface area contributed by atoms with Gasteiger partial charge in [-0.2, -0.15) is 5.26 Å². The molecule has 0 aliphatic carbocycles. The molecule has 0 N–H and O–H groups in total. The van der Waals surface area contributed by atoms with Crippen molar-refractivity contribution in [2.75, 3.05) is 0 Å². The number of hydrogen-bond donors (Lipinski definition) is 0. The molecule has 0 atom stereocenters. The van der Waals surface area contributed by atoms with Crippen LogP contribution in [0.3, 0.4) is 0 Å². The predicted octanol–water partition coefficient (Wildman–Crippen LogP) is 1.83. The standard InChI is InChI=1S/C8H11NO/c1-2-3-4-5-6-8(10)7-9/h2-3H,4-6H2,1H3/b3-2-. The number of rotatable bonds is 4. The molecule has 0 aliphatic heterocycles. The highest BCUT2D eigenvalue weighted by Gasteiger charge is 1.95. The van der Waals surface area contributed by atoms with Gasteiger partial charge in [-0.15, -0.1) is 0 Å². The Bertz CT molecular complexity index is 165. The average Bonchev–Trinajstić information content (AvgIpc) is 1.98. The maximum absolute atomic E-state index is 10.4. The molecule has 0 bridgehead atoms. The lowest BCUT2D eigenvalue weighted by Gasteiger charge is -1.87. The number of nitrogens with zero attached hydrogens (tertiary/aromatic N) is 1. The van der Waals surface area contributed by atoms with Crippen molar-refractivity contribution >= 4 is 5.78 Å². The maximum Gasteiger partial charge on any atom is 0.231 e. The summed E-state index contributed by atoms with van der Waals surface area (Å²) in [7, 11) is 0. The van der Waals surface area contributed by atoms with Crippen LogP contribution in [0.4, 0.5) is 0 Å². The van der Waals surface area contributed by atoms with E-state index < -0.39 is 0 Å². The zero-order valence-electron chi connectivity index (χ0n) is 6.13. The molecule has 54 valence electrons. The van der Waals surface area contributed by atoms with E-state index in [4.69, 9.17) is 5.26 Å². The molecule has 0 saturated heterocycles. The molecule has 0 spiro atoms. The number of unbranched alkanes of at least 4 members (excludes halogenated alkanes) is 1. The molecule has 0 aliphatic rings. The molecule has 0 radical (unpaired) electrons. The van der Waals surface area contributed by atoms with Gasteiger partial charge in [-0.05, 0) is 19.8 Å². The number of carbonyl (C=O) groups excluding carboxylic acids is 1. The molecule has 0 fully saturated rings. The SMILES string of the molecule is C/C=C\CCCC(=O)C#N. The fourth-order valence-corrected chi connectivity index (χ4v) is 0.603. The first-order chi connectivity index (χ1) is 4.81. The van der Waals surface area contributed by atoms with Crippen molar-refractivity contribution in [2.24, 2.45) is 0 Å². The van der Waals surface area contributed by atoms with Crippen LogP contribution in [0.2, 0.25) is 0 Å². The fourth-order valence-electron chi connectivity index (χ4n) is 0.603. The largest absolute Gasteiger partial charge is 0.283 e. The molecule has 0 unspecified atom stereocenters. The van der Waals surface area contributed by atoms with Crippen LogP contribution in [0.25, 0.3) is 0 Å². The fraction of sp³-hybridized carbons (Fsp3) is 0.500. The number of Topliss-reactive ketones (excluding diaryl/α,β-unsaturated/α-hetero) is 1. The van der Waals surface area contributed by atoms with E-state index in [0.29, 0.717) is 6.42 Å². The van der Waals surface area contributed by atoms with E-state index in [1.807, 2.05) is 19.1 Å². The summed E-state index contributed by atoms with van der Waals surface area (Å²) in [5.74, 6) is -0.315. The second-order valence-electron chi connectivity index (χ2n) is 2.00. The zero-order valence-corrected chi connectivity index (χ0v) is 6.13. The minimum absolute atomic E-state index is 0.315. The Hall–Kier alpha value is -1.10. The lowest BCUT2D eigenvalue weighted by Crippen LogP contribution is -1.90. The molecule has 2 heteroatoms. The monoisotopic (exact) mass is 137 g/mol. The van der Waals surface area contributed by atoms with Crippen LogP contribution in [-0.4, -0.2) is 5.78 Å². The molecular weight excluding hydrogens is 126 g/mol. The third-order valence-corrected chi connectivity index (χ3v) is 1.14. The number of allylic oxidation sites excluding steroid dienone is 2. The molecule has 10 heavy (non-hydrogen) atoms. The Morgan fingerprint density at radius 1 is 1.70 bits per heavy atom. The second-order valence-corrected chi connectivity index (χ2v) is 2.00. The van der Waals surface area contributed by atoms with Crippen molar-refractivity contribution < 1.29 is 4.79 Å². The summed E-state index contributed by atoms with van der Waals surface area (Å²) in [4.78, 5) is 10.4. The van der Waals surface area contributed by atoms with Gasteiger partial charge in [0.1, 0.15) is 6.07 Å². The molecule has 2 nitrogen and oxygen atoms in total. The molecule has 0 heterocycles. The Morgan fingerprint density at radius 3 is 2.90 bits per heavy atom. The van der Waals surface area contributed by atoms with E-state index in [1.165, 1.54) is 0 Å². The van der Waals surface area contributed by atoms with Gasteiger partial charge >= 0.3 is 0 Å². The highest BCUT2D eigenvalue weighted by atomic mass is 16.1. The van der Waals surface area contributed by atoms with Crippen molar-refractivity contribution in [1.29, 1.82) is 5.26 Å². The van der Waals surface area contributed by atoms with Gasteiger partial charge in [0.2, 0.25) is 5.78 Å². The quantitative estimate of drug-likeness (QED) is 0.337. The van der Waals surface area contributed by atoms with E-state index in [2.05, 4.69) is 0 Å². The van der Waals surface area contributed by atoms with Gasteiger partial charge < -0.3 is 0 Å². The Kier molecular flexibility index (Phi) is 5.36. The molecule has 0 aromatic carbocycles. The number of ketones is 1. The summed E-state index contributed by atoms with van der Waals surface area (Å²) < 4.78 is 0. The molecular formula is C8H11NO. The van der Waals surface area contributed by atoms with Crippen molar-refractivity contribution in [3.8, 4) is 6.07 Å². The zero-order chi connectivity index (χ0) is 7.82. The van der Waals surface area contributed by atoms with Crippen LogP contribution in [0.15, 0.2) is 12.2 Å². The van der Waals surface area contributed by atoms with Crippen molar-refractivity contribution in [3.05, 3.63) is 12.2 Å². The minimum atomic E-state index is -0.315. The van der Waals surface area contributed by atoms with Crippen molar-refractivity contribution in [3.63, 3.8) is 0 Å². The Labute approximate surface area is 61.2 Å². The highest BCUT2D eigenvalue weighted by molar-refractivity contribution is 5.93. The topological polar surface area (TPSA) is 40.9 Å². The maximum atomic E-state index is 10.4. The van der Waals surface area contributed by atoms with Crippen LogP contribution >= 0.6 is 0 Å². The van der Waals surface area contributed by atoms with Gasteiger partial charge in [0.25, 0.3) is 0 Å². The first-order valence-corrected chi connectivity index (χ1v) is 3.35. The van der Waals surface area contributed by atoms with Crippen molar-refractivity contribution in [2.45, 2.75) is 26.2 Å². The third kappa shape index (κ3) is 5.04. The van der Waals surface area contributed by atoms with Crippen LogP contribution in [0.5, 0.6) is 0 Å². The van der Waals surface area contributed by atoms with Gasteiger partial charge in [-0.25, -0.2) is 0 Å². The third-order valence-electron chi connectivity index (χ3n) is 1.14. The summed E-state index contributed by atoms with van der Waals surface area (Å²) in [5.41, 5.74) is 0. The van der Waals surface area contributed by atoms with E-state index >= 15 is 0 Å². The van der Waals surface area contributed by atoms with Gasteiger partial charge in [-0.1, -0.05) is 12.2 Å². The summed E-state index contributed by atoms with van der Waals surface area (Å²) in [6, 6.07) is 1.58. The smallest absolute Gasteiger partial charge is 0.231 e. The average molecular weight is 137 g/mol. The first-order valence-electron chi connectivity index (χ1n) is 3.35. The van der Waals surface area contributed by atoms with Crippen LogP contribution < -0.4 is 0 Å². The summed E-state index contributed by atoms with van der Waals surface area (Å²) in [6.07, 6.45) is 6.00. The van der Waals surface area contributed by atoms with Gasteiger partial charge in [0.15, 0.2) is 0 Å². The minimum Gasteiger partial charge on any atom is -0.283 e. The summed E-state index contributed by atoms with van der Waals surface area (Å²) >= 11 is 0. The van der Waals surface area contributed by atoms with E-state index in [9.17, 15) is 4.79 Å². The van der Waals surface area contributed by atoms with Crippen molar-refractivity contribution in [1.82, 2.24) is 0 Å². The lowest BCUT2D eigenvalue weighted by molar-refractivity contribution is -0.114. The predicted molar refractivity (Wildman–Crippen MR) is 39.3 cm³/mol. The second kappa shape index (κ2) is 6.03. The van der Waals surface area contributed by atoms with Crippen LogP contribution in [0, 0.1) is 11.3 Å². The Morgan fingerprint density at radius 2 is 2.40 bits per heavy atom. The van der Waals surface area contributed by atoms with Gasteiger partial charge in [-0.3, -0.25) is 4.79 Å². The molecule has 0 saturated carbocycles. The highest BCUT2D eigenvalue weighted by Crippen LogP contribution is 1.96. The summed E-state index contributed by atoms with van der Waals surface area (Å²) in [6.45, 7) is 1.94. The summed E-state index contributed by atoms with van der Waals surface area (Å²) in [5, 5.41) is 8.07. The normalized spacial score (nSPS) is 9.60. The number of nitriles is 1. The first kappa shape index (κ1) is 8.90. The van der Waals surface area contributed by atoms with E-state index in [-0.39, 0.29) is 5.78 Å². The van der Waals surface area contributed by atoms with E-state index in [0.717, 1.165) is 12.8 Å². The van der Waals surface area contributed by atoms with Gasteiger partial charge in [0.05, 0.1) is 0 Å². The van der Waals surface area contributed by atoms with Crippen LogP contribution in [0.1, 0.15) is 26.2 Å². The molecule has 0 amide bonds. The molecule has 0 rings (SSSR count). The molecule has 0 aromatic heterocycles.